The van der Waals surface area contributed by atoms with Gasteiger partial charge < -0.3 is 9.88 Å². The summed E-state index contributed by atoms with van der Waals surface area (Å²) in [7, 11) is 0. The second-order valence-corrected chi connectivity index (χ2v) is 5.58. The van der Waals surface area contributed by atoms with Crippen molar-refractivity contribution in [3.8, 4) is 5.69 Å². The van der Waals surface area contributed by atoms with Crippen molar-refractivity contribution in [3.05, 3.63) is 47.5 Å². The molecule has 1 aromatic carbocycles. The summed E-state index contributed by atoms with van der Waals surface area (Å²) in [6.45, 7) is 2.29. The number of rotatable bonds is 3. The standard InChI is InChI=1S/C15H18ClN3/c16-14-9-12(8-13-2-1-5-17-10-13)3-4-15(14)19-7-6-18-11-19/h3-4,6-7,9,11,13,17H,1-2,5,8,10H2. The van der Waals surface area contributed by atoms with Crippen molar-refractivity contribution in [2.45, 2.75) is 19.3 Å². The van der Waals surface area contributed by atoms with E-state index in [1.165, 1.54) is 18.4 Å². The molecule has 1 saturated heterocycles. The van der Waals surface area contributed by atoms with Gasteiger partial charge in [0.1, 0.15) is 0 Å². The third kappa shape index (κ3) is 2.99. The lowest BCUT2D eigenvalue weighted by atomic mass is 9.92. The third-order valence-electron chi connectivity index (χ3n) is 3.72. The molecular weight excluding hydrogens is 258 g/mol. The summed E-state index contributed by atoms with van der Waals surface area (Å²) in [5.41, 5.74) is 2.31. The Balaban J connectivity index is 1.75. The van der Waals surface area contributed by atoms with E-state index in [1.54, 1.807) is 12.5 Å². The first kappa shape index (κ1) is 12.7. The van der Waals surface area contributed by atoms with Gasteiger partial charge in [0.15, 0.2) is 0 Å². The van der Waals surface area contributed by atoms with Crippen molar-refractivity contribution in [1.29, 1.82) is 0 Å². The van der Waals surface area contributed by atoms with Crippen molar-refractivity contribution >= 4 is 11.6 Å². The lowest BCUT2D eigenvalue weighted by Gasteiger charge is -2.22. The number of hydrogen-bond acceptors (Lipinski definition) is 2. The summed E-state index contributed by atoms with van der Waals surface area (Å²) < 4.78 is 1.94. The van der Waals surface area contributed by atoms with Gasteiger partial charge in [-0.25, -0.2) is 4.98 Å². The van der Waals surface area contributed by atoms with Gasteiger partial charge in [-0.1, -0.05) is 17.7 Å². The van der Waals surface area contributed by atoms with Crippen molar-refractivity contribution in [2.24, 2.45) is 5.92 Å². The van der Waals surface area contributed by atoms with E-state index in [9.17, 15) is 0 Å². The highest BCUT2D eigenvalue weighted by Crippen LogP contribution is 2.24. The minimum Gasteiger partial charge on any atom is -0.316 e. The molecular formula is C15H18ClN3. The molecule has 0 spiro atoms. The Labute approximate surface area is 118 Å². The normalized spacial score (nSPS) is 19.5. The van der Waals surface area contributed by atoms with Crippen molar-refractivity contribution < 1.29 is 0 Å². The van der Waals surface area contributed by atoms with E-state index in [0.29, 0.717) is 0 Å². The van der Waals surface area contributed by atoms with Crippen LogP contribution in [0.5, 0.6) is 0 Å². The monoisotopic (exact) mass is 275 g/mol. The highest BCUT2D eigenvalue weighted by molar-refractivity contribution is 6.32. The fourth-order valence-corrected chi connectivity index (χ4v) is 3.02. The van der Waals surface area contributed by atoms with Crippen LogP contribution in [0.2, 0.25) is 5.02 Å². The molecule has 3 rings (SSSR count). The predicted octanol–water partition coefficient (Wildman–Crippen LogP) is 3.07. The maximum absolute atomic E-state index is 6.37. The third-order valence-corrected chi connectivity index (χ3v) is 4.02. The van der Waals surface area contributed by atoms with E-state index in [1.807, 2.05) is 10.8 Å². The largest absolute Gasteiger partial charge is 0.316 e. The highest BCUT2D eigenvalue weighted by atomic mass is 35.5. The number of halogens is 1. The zero-order valence-electron chi connectivity index (χ0n) is 10.8. The Morgan fingerprint density at radius 3 is 3.05 bits per heavy atom. The van der Waals surface area contributed by atoms with E-state index in [4.69, 9.17) is 11.6 Å². The topological polar surface area (TPSA) is 29.9 Å². The number of imidazole rings is 1. The summed E-state index contributed by atoms with van der Waals surface area (Å²) in [6, 6.07) is 6.34. The van der Waals surface area contributed by atoms with Crippen LogP contribution >= 0.6 is 11.6 Å². The molecule has 100 valence electrons. The lowest BCUT2D eigenvalue weighted by Crippen LogP contribution is -2.30. The zero-order valence-corrected chi connectivity index (χ0v) is 11.6. The average molecular weight is 276 g/mol. The minimum absolute atomic E-state index is 0.740. The quantitative estimate of drug-likeness (QED) is 0.933. The number of nitrogens with zero attached hydrogens (tertiary/aromatic N) is 2. The van der Waals surface area contributed by atoms with Crippen LogP contribution in [0, 0.1) is 5.92 Å². The second-order valence-electron chi connectivity index (χ2n) is 5.17. The van der Waals surface area contributed by atoms with Crippen LogP contribution in [0.3, 0.4) is 0 Å². The highest BCUT2D eigenvalue weighted by Gasteiger charge is 2.14. The van der Waals surface area contributed by atoms with Crippen LogP contribution in [0.4, 0.5) is 0 Å². The molecule has 3 nitrogen and oxygen atoms in total. The first-order chi connectivity index (χ1) is 9.33. The minimum atomic E-state index is 0.740. The Bertz CT molecular complexity index is 530. The predicted molar refractivity (Wildman–Crippen MR) is 77.9 cm³/mol. The van der Waals surface area contributed by atoms with Gasteiger partial charge in [0.25, 0.3) is 0 Å². The number of piperidine rings is 1. The van der Waals surface area contributed by atoms with Crippen LogP contribution in [0.1, 0.15) is 18.4 Å². The molecule has 2 heterocycles. The summed E-state index contributed by atoms with van der Waals surface area (Å²) >= 11 is 6.37. The van der Waals surface area contributed by atoms with Crippen LogP contribution < -0.4 is 5.32 Å². The van der Waals surface area contributed by atoms with Gasteiger partial charge in [-0.3, -0.25) is 0 Å². The molecule has 1 aromatic heterocycles. The number of nitrogens with one attached hydrogen (secondary N) is 1. The van der Waals surface area contributed by atoms with E-state index < -0.39 is 0 Å². The van der Waals surface area contributed by atoms with E-state index >= 15 is 0 Å². The van der Waals surface area contributed by atoms with Gasteiger partial charge >= 0.3 is 0 Å². The summed E-state index contributed by atoms with van der Waals surface area (Å²) in [4.78, 5) is 4.05. The lowest BCUT2D eigenvalue weighted by molar-refractivity contribution is 0.376. The van der Waals surface area contributed by atoms with Gasteiger partial charge in [0, 0.05) is 12.4 Å². The van der Waals surface area contributed by atoms with Crippen LogP contribution in [0.15, 0.2) is 36.9 Å². The van der Waals surface area contributed by atoms with E-state index in [-0.39, 0.29) is 0 Å². The van der Waals surface area contributed by atoms with Crippen molar-refractivity contribution in [1.82, 2.24) is 14.9 Å². The number of aromatic nitrogens is 2. The Morgan fingerprint density at radius 1 is 1.42 bits per heavy atom. The maximum Gasteiger partial charge on any atom is 0.0992 e. The number of benzene rings is 1. The molecule has 19 heavy (non-hydrogen) atoms. The van der Waals surface area contributed by atoms with Gasteiger partial charge in [-0.15, -0.1) is 0 Å². The van der Waals surface area contributed by atoms with Gasteiger partial charge in [0.05, 0.1) is 17.0 Å². The zero-order chi connectivity index (χ0) is 13.1. The molecule has 1 fully saturated rings. The molecule has 2 aromatic rings. The molecule has 1 aliphatic heterocycles. The SMILES string of the molecule is Clc1cc(CC2CCCNC2)ccc1-n1ccnc1. The molecule has 1 N–H and O–H groups in total. The molecule has 4 heteroatoms. The van der Waals surface area contributed by atoms with Crippen LogP contribution in [-0.2, 0) is 6.42 Å². The Hall–Kier alpha value is -1.32. The average Bonchev–Trinajstić information content (AvgIpc) is 2.94. The Morgan fingerprint density at radius 2 is 2.37 bits per heavy atom. The van der Waals surface area contributed by atoms with Crippen LogP contribution in [0.25, 0.3) is 5.69 Å². The molecule has 1 aliphatic rings. The molecule has 0 aliphatic carbocycles. The fraction of sp³-hybridized carbons (Fsp3) is 0.400. The maximum atomic E-state index is 6.37. The first-order valence-corrected chi connectivity index (χ1v) is 7.18. The molecule has 0 amide bonds. The smallest absolute Gasteiger partial charge is 0.0992 e. The van der Waals surface area contributed by atoms with Crippen LogP contribution in [-0.4, -0.2) is 22.6 Å². The molecule has 1 atom stereocenters. The summed E-state index contributed by atoms with van der Waals surface area (Å²) in [5.74, 6) is 0.740. The van der Waals surface area contributed by atoms with Gasteiger partial charge in [0.2, 0.25) is 0 Å². The van der Waals surface area contributed by atoms with Gasteiger partial charge in [-0.05, 0) is 56.0 Å². The van der Waals surface area contributed by atoms with E-state index in [0.717, 1.165) is 36.1 Å². The second kappa shape index (κ2) is 5.76. The summed E-state index contributed by atoms with van der Waals surface area (Å²) in [6.07, 6.45) is 9.15. The van der Waals surface area contributed by atoms with Gasteiger partial charge in [-0.2, -0.15) is 0 Å². The van der Waals surface area contributed by atoms with Crippen molar-refractivity contribution in [2.75, 3.05) is 13.1 Å². The summed E-state index contributed by atoms with van der Waals surface area (Å²) in [5, 5.41) is 4.25. The first-order valence-electron chi connectivity index (χ1n) is 6.80. The molecule has 0 saturated carbocycles. The number of hydrogen-bond donors (Lipinski definition) is 1. The molecule has 1 unspecified atom stereocenters. The van der Waals surface area contributed by atoms with E-state index in [2.05, 4.69) is 28.5 Å². The molecule has 0 bridgehead atoms. The molecule has 0 radical (unpaired) electrons. The fourth-order valence-electron chi connectivity index (χ4n) is 2.72. The Kier molecular flexibility index (Phi) is 3.85. The van der Waals surface area contributed by atoms with Crippen molar-refractivity contribution in [3.63, 3.8) is 0 Å².